The first-order valence-corrected chi connectivity index (χ1v) is 6.60. The maximum absolute atomic E-state index is 13.0. The zero-order valence-electron chi connectivity index (χ0n) is 12.2. The van der Waals surface area contributed by atoms with E-state index in [4.69, 9.17) is 0 Å². The van der Waals surface area contributed by atoms with Crippen molar-refractivity contribution in [1.29, 1.82) is 0 Å². The fraction of sp³-hybridized carbons (Fsp3) is 0.267. The topological polar surface area (TPSA) is 29.5 Å². The number of benzene rings is 1. The second-order valence-electron chi connectivity index (χ2n) is 4.94. The van der Waals surface area contributed by atoms with E-state index in [-0.39, 0.29) is 6.54 Å². The van der Waals surface area contributed by atoms with Crippen molar-refractivity contribution in [3.63, 3.8) is 0 Å². The molecular formula is C15H11F6NO2. The van der Waals surface area contributed by atoms with Crippen LogP contribution in [0.3, 0.4) is 0 Å². The SMILES string of the molecule is CC1=C(C(F)(F)F)O/C(=C\C(F)(F)F)C(=O)N1Cc1ccccc1. The quantitative estimate of drug-likeness (QED) is 0.588. The molecule has 2 rings (SSSR count). The molecule has 0 spiro atoms. The molecule has 0 aliphatic carbocycles. The number of nitrogens with zero attached hydrogens (tertiary/aromatic N) is 1. The average molecular weight is 351 g/mol. The van der Waals surface area contributed by atoms with Gasteiger partial charge in [-0.05, 0) is 12.5 Å². The Morgan fingerprint density at radius 3 is 2.17 bits per heavy atom. The van der Waals surface area contributed by atoms with Crippen molar-refractivity contribution in [2.75, 3.05) is 0 Å². The Balaban J connectivity index is 2.49. The van der Waals surface area contributed by atoms with Gasteiger partial charge < -0.3 is 9.64 Å². The fourth-order valence-corrected chi connectivity index (χ4v) is 2.09. The normalized spacial score (nSPS) is 18.2. The van der Waals surface area contributed by atoms with Gasteiger partial charge in [0.1, 0.15) is 0 Å². The third kappa shape index (κ3) is 4.09. The van der Waals surface area contributed by atoms with E-state index in [0.717, 1.165) is 6.92 Å². The predicted molar refractivity (Wildman–Crippen MR) is 71.0 cm³/mol. The molecule has 0 unspecified atom stereocenters. The van der Waals surface area contributed by atoms with Gasteiger partial charge in [-0.25, -0.2) is 0 Å². The Morgan fingerprint density at radius 1 is 1.08 bits per heavy atom. The molecular weight excluding hydrogens is 340 g/mol. The van der Waals surface area contributed by atoms with Crippen LogP contribution in [0.1, 0.15) is 12.5 Å². The van der Waals surface area contributed by atoms with Crippen LogP contribution in [0.2, 0.25) is 0 Å². The molecule has 0 aromatic heterocycles. The van der Waals surface area contributed by atoms with Crippen molar-refractivity contribution in [3.05, 3.63) is 59.2 Å². The summed E-state index contributed by atoms with van der Waals surface area (Å²) in [6, 6.07) is 7.92. The lowest BCUT2D eigenvalue weighted by molar-refractivity contribution is -0.148. The summed E-state index contributed by atoms with van der Waals surface area (Å²) in [5.74, 6) is -4.36. The smallest absolute Gasteiger partial charge is 0.444 e. The summed E-state index contributed by atoms with van der Waals surface area (Å²) in [4.78, 5) is 12.7. The summed E-state index contributed by atoms with van der Waals surface area (Å²) in [6.45, 7) is 0.650. The van der Waals surface area contributed by atoms with E-state index in [2.05, 4.69) is 4.74 Å². The molecule has 0 bridgehead atoms. The highest BCUT2D eigenvalue weighted by molar-refractivity contribution is 5.94. The number of rotatable bonds is 2. The average Bonchev–Trinajstić information content (AvgIpc) is 2.45. The van der Waals surface area contributed by atoms with Crippen LogP contribution in [-0.2, 0) is 16.1 Å². The van der Waals surface area contributed by atoms with Gasteiger partial charge in [0.05, 0.1) is 18.3 Å². The maximum atomic E-state index is 13.0. The number of hydrogen-bond acceptors (Lipinski definition) is 2. The minimum atomic E-state index is -5.04. The second kappa shape index (κ2) is 6.21. The molecule has 0 radical (unpaired) electrons. The number of ether oxygens (including phenoxy) is 1. The first kappa shape index (κ1) is 17.9. The Kier molecular flexibility index (Phi) is 4.63. The fourth-order valence-electron chi connectivity index (χ4n) is 2.09. The number of carbonyl (C=O) groups is 1. The molecule has 0 N–H and O–H groups in total. The van der Waals surface area contributed by atoms with E-state index in [0.29, 0.717) is 10.5 Å². The van der Waals surface area contributed by atoms with Crippen LogP contribution in [0.25, 0.3) is 0 Å². The highest BCUT2D eigenvalue weighted by Gasteiger charge is 2.46. The van der Waals surface area contributed by atoms with Crippen molar-refractivity contribution in [2.45, 2.75) is 25.8 Å². The molecule has 1 aliphatic heterocycles. The van der Waals surface area contributed by atoms with Gasteiger partial charge in [-0.2, -0.15) is 26.3 Å². The number of hydrogen-bond donors (Lipinski definition) is 0. The third-order valence-corrected chi connectivity index (χ3v) is 3.14. The number of alkyl halides is 6. The van der Waals surface area contributed by atoms with Crippen LogP contribution >= 0.6 is 0 Å². The van der Waals surface area contributed by atoms with Crippen LogP contribution in [-0.4, -0.2) is 23.2 Å². The molecule has 0 atom stereocenters. The molecule has 9 heteroatoms. The van der Waals surface area contributed by atoms with Gasteiger partial charge in [0.2, 0.25) is 5.76 Å². The van der Waals surface area contributed by atoms with Crippen molar-refractivity contribution in [1.82, 2.24) is 4.90 Å². The Hall–Kier alpha value is -2.45. The minimum Gasteiger partial charge on any atom is -0.444 e. The number of amides is 1. The van der Waals surface area contributed by atoms with Crippen molar-refractivity contribution < 1.29 is 35.9 Å². The molecule has 3 nitrogen and oxygen atoms in total. The van der Waals surface area contributed by atoms with Gasteiger partial charge >= 0.3 is 12.4 Å². The standard InChI is InChI=1S/C15H11F6NO2/c1-9-12(15(19,20)21)24-11(7-14(16,17)18)13(23)22(9)8-10-5-3-2-4-6-10/h2-7H,8H2,1H3/b11-7-. The van der Waals surface area contributed by atoms with Crippen molar-refractivity contribution in [2.24, 2.45) is 0 Å². The maximum Gasteiger partial charge on any atom is 0.451 e. The first-order chi connectivity index (χ1) is 11.0. The molecule has 1 aromatic carbocycles. The molecule has 1 amide bonds. The summed E-state index contributed by atoms with van der Waals surface area (Å²) in [5, 5.41) is 0. The van der Waals surface area contributed by atoms with Gasteiger partial charge in [0.15, 0.2) is 5.76 Å². The molecule has 1 aromatic rings. The van der Waals surface area contributed by atoms with Gasteiger partial charge in [0.25, 0.3) is 5.91 Å². The van der Waals surface area contributed by atoms with Gasteiger partial charge in [-0.3, -0.25) is 4.79 Å². The highest BCUT2D eigenvalue weighted by atomic mass is 19.4. The molecule has 0 saturated carbocycles. The molecule has 0 saturated heterocycles. The first-order valence-electron chi connectivity index (χ1n) is 6.60. The van der Waals surface area contributed by atoms with Crippen molar-refractivity contribution >= 4 is 5.91 Å². The number of allylic oxidation sites excluding steroid dienone is 3. The summed E-state index contributed by atoms with van der Waals surface area (Å²) in [6.07, 6.45) is -10.6. The Bertz CT molecular complexity index is 688. The molecule has 1 heterocycles. The predicted octanol–water partition coefficient (Wildman–Crippen LogP) is 4.29. The molecule has 0 fully saturated rings. The lowest BCUT2D eigenvalue weighted by atomic mass is 10.1. The van der Waals surface area contributed by atoms with Gasteiger partial charge in [-0.1, -0.05) is 30.3 Å². The largest absolute Gasteiger partial charge is 0.451 e. The van der Waals surface area contributed by atoms with Crippen LogP contribution in [0.5, 0.6) is 0 Å². The van der Waals surface area contributed by atoms with E-state index in [1.165, 1.54) is 12.1 Å². The summed E-state index contributed by atoms with van der Waals surface area (Å²) < 4.78 is 80.6. The van der Waals surface area contributed by atoms with Crippen LogP contribution in [0.15, 0.2) is 53.6 Å². The number of carbonyl (C=O) groups excluding carboxylic acids is 1. The Labute approximate surface area is 132 Å². The lowest BCUT2D eigenvalue weighted by Gasteiger charge is -2.32. The van der Waals surface area contributed by atoms with Crippen LogP contribution in [0.4, 0.5) is 26.3 Å². The Morgan fingerprint density at radius 2 is 1.67 bits per heavy atom. The highest BCUT2D eigenvalue weighted by Crippen LogP contribution is 2.37. The number of halogens is 6. The van der Waals surface area contributed by atoms with E-state index < -0.39 is 41.6 Å². The minimum absolute atomic E-state index is 0.316. The zero-order valence-corrected chi connectivity index (χ0v) is 12.2. The summed E-state index contributed by atoms with van der Waals surface area (Å²) >= 11 is 0. The molecule has 1 aliphatic rings. The van der Waals surface area contributed by atoms with E-state index >= 15 is 0 Å². The summed E-state index contributed by atoms with van der Waals surface area (Å²) in [7, 11) is 0. The van der Waals surface area contributed by atoms with Crippen LogP contribution < -0.4 is 0 Å². The second-order valence-corrected chi connectivity index (χ2v) is 4.94. The van der Waals surface area contributed by atoms with E-state index in [1.807, 2.05) is 0 Å². The van der Waals surface area contributed by atoms with E-state index in [1.54, 1.807) is 18.2 Å². The van der Waals surface area contributed by atoms with E-state index in [9.17, 15) is 31.1 Å². The third-order valence-electron chi connectivity index (χ3n) is 3.14. The van der Waals surface area contributed by atoms with Crippen LogP contribution in [0, 0.1) is 0 Å². The lowest BCUT2D eigenvalue weighted by Crippen LogP contribution is -2.39. The van der Waals surface area contributed by atoms with Gasteiger partial charge in [0, 0.05) is 0 Å². The zero-order chi connectivity index (χ0) is 18.1. The van der Waals surface area contributed by atoms with Crippen molar-refractivity contribution in [3.8, 4) is 0 Å². The monoisotopic (exact) mass is 351 g/mol. The molecule has 130 valence electrons. The summed E-state index contributed by atoms with van der Waals surface area (Å²) in [5.41, 5.74) is -0.143. The molecule has 24 heavy (non-hydrogen) atoms. The van der Waals surface area contributed by atoms with Gasteiger partial charge in [-0.15, -0.1) is 0 Å².